The van der Waals surface area contributed by atoms with Gasteiger partial charge in [0, 0.05) is 39.3 Å². The van der Waals surface area contributed by atoms with Crippen molar-refractivity contribution in [1.82, 2.24) is 15.1 Å². The second-order valence-electron chi connectivity index (χ2n) is 8.97. The molecule has 0 aromatic carbocycles. The summed E-state index contributed by atoms with van der Waals surface area (Å²) in [6.45, 7) is 9.51. The van der Waals surface area contributed by atoms with Gasteiger partial charge >= 0.3 is 6.09 Å². The SMILES string of the molecule is CN=C(NCCCCSC)N1CCC(N(CC2CC2)C(=O)OC(C)(C)C)CC1. The number of aliphatic imine (C=N–C) groups is 1. The third-order valence-electron chi connectivity index (χ3n) is 5.25. The lowest BCUT2D eigenvalue weighted by atomic mass is 10.0. The smallest absolute Gasteiger partial charge is 0.410 e. The number of ether oxygens (including phenoxy) is 1. The number of piperidine rings is 1. The fraction of sp³-hybridized carbons (Fsp3) is 0.905. The van der Waals surface area contributed by atoms with Gasteiger partial charge in [0.2, 0.25) is 0 Å². The van der Waals surface area contributed by atoms with Crippen LogP contribution in [-0.2, 0) is 4.74 Å². The molecule has 0 unspecified atom stereocenters. The first-order chi connectivity index (χ1) is 13.3. The third-order valence-corrected chi connectivity index (χ3v) is 5.95. The zero-order valence-electron chi connectivity index (χ0n) is 18.5. The van der Waals surface area contributed by atoms with Crippen LogP contribution < -0.4 is 5.32 Å². The normalized spacial score (nSPS) is 18.9. The van der Waals surface area contributed by atoms with Gasteiger partial charge < -0.3 is 19.9 Å². The van der Waals surface area contributed by atoms with E-state index in [4.69, 9.17) is 4.74 Å². The fourth-order valence-electron chi connectivity index (χ4n) is 3.57. The van der Waals surface area contributed by atoms with Crippen LogP contribution in [0.1, 0.15) is 59.3 Å². The van der Waals surface area contributed by atoms with Crippen LogP contribution >= 0.6 is 11.8 Å². The van der Waals surface area contributed by atoms with Crippen molar-refractivity contribution in [3.63, 3.8) is 0 Å². The zero-order chi connectivity index (χ0) is 20.6. The summed E-state index contributed by atoms with van der Waals surface area (Å²) in [6.07, 6.45) is 8.84. The molecule has 1 saturated heterocycles. The second-order valence-corrected chi connectivity index (χ2v) is 9.95. The van der Waals surface area contributed by atoms with E-state index in [1.54, 1.807) is 0 Å². The molecule has 1 saturated carbocycles. The number of guanidine groups is 1. The van der Waals surface area contributed by atoms with Crippen LogP contribution in [0.25, 0.3) is 0 Å². The number of carbonyl (C=O) groups is 1. The molecule has 1 amide bonds. The Morgan fingerprint density at radius 2 is 1.89 bits per heavy atom. The van der Waals surface area contributed by atoms with Gasteiger partial charge in [-0.2, -0.15) is 11.8 Å². The van der Waals surface area contributed by atoms with E-state index in [0.29, 0.717) is 5.92 Å². The maximum atomic E-state index is 12.8. The van der Waals surface area contributed by atoms with E-state index in [1.807, 2.05) is 44.5 Å². The number of rotatable bonds is 8. The number of amides is 1. The van der Waals surface area contributed by atoms with Crippen LogP contribution in [0.4, 0.5) is 4.79 Å². The molecule has 1 aliphatic heterocycles. The van der Waals surface area contributed by atoms with Crippen molar-refractivity contribution in [1.29, 1.82) is 0 Å². The van der Waals surface area contributed by atoms with Crippen molar-refractivity contribution < 1.29 is 9.53 Å². The summed E-state index contributed by atoms with van der Waals surface area (Å²) in [4.78, 5) is 21.6. The van der Waals surface area contributed by atoms with Crippen molar-refractivity contribution in [2.45, 2.75) is 70.9 Å². The lowest BCUT2D eigenvalue weighted by molar-refractivity contribution is 0.00928. The van der Waals surface area contributed by atoms with Crippen LogP contribution in [0, 0.1) is 5.92 Å². The molecule has 0 aromatic heterocycles. The van der Waals surface area contributed by atoms with Crippen LogP contribution in [0.15, 0.2) is 4.99 Å². The molecule has 7 heteroatoms. The van der Waals surface area contributed by atoms with Gasteiger partial charge in [0.1, 0.15) is 5.60 Å². The van der Waals surface area contributed by atoms with Crippen molar-refractivity contribution in [2.75, 3.05) is 45.2 Å². The lowest BCUT2D eigenvalue weighted by Crippen LogP contribution is -2.52. The number of hydrogen-bond acceptors (Lipinski definition) is 4. The molecule has 1 N–H and O–H groups in total. The molecular weight excluding hydrogens is 372 g/mol. The summed E-state index contributed by atoms with van der Waals surface area (Å²) >= 11 is 1.90. The molecule has 2 aliphatic rings. The Kier molecular flexibility index (Phi) is 9.25. The van der Waals surface area contributed by atoms with E-state index in [1.165, 1.54) is 31.4 Å². The Balaban J connectivity index is 1.84. The van der Waals surface area contributed by atoms with E-state index < -0.39 is 5.60 Å². The molecule has 6 nitrogen and oxygen atoms in total. The minimum absolute atomic E-state index is 0.144. The first kappa shape index (κ1) is 23.2. The van der Waals surface area contributed by atoms with E-state index in [9.17, 15) is 4.79 Å². The number of nitrogens with one attached hydrogen (secondary N) is 1. The monoisotopic (exact) mass is 412 g/mol. The number of hydrogen-bond donors (Lipinski definition) is 1. The maximum Gasteiger partial charge on any atom is 0.410 e. The van der Waals surface area contributed by atoms with Gasteiger partial charge in [-0.3, -0.25) is 4.99 Å². The minimum Gasteiger partial charge on any atom is -0.444 e. The fourth-order valence-corrected chi connectivity index (χ4v) is 4.06. The van der Waals surface area contributed by atoms with Gasteiger partial charge in [-0.25, -0.2) is 4.79 Å². The molecule has 0 atom stereocenters. The number of nitrogens with zero attached hydrogens (tertiary/aromatic N) is 3. The van der Waals surface area contributed by atoms with E-state index >= 15 is 0 Å². The van der Waals surface area contributed by atoms with Gasteiger partial charge in [0.15, 0.2) is 5.96 Å². The zero-order valence-corrected chi connectivity index (χ0v) is 19.3. The van der Waals surface area contributed by atoms with Gasteiger partial charge in [-0.1, -0.05) is 0 Å². The number of thioether (sulfide) groups is 1. The molecule has 2 fully saturated rings. The Hall–Kier alpha value is -1.11. The van der Waals surface area contributed by atoms with Gasteiger partial charge in [-0.05, 0) is 77.2 Å². The number of likely N-dealkylation sites (tertiary alicyclic amines) is 1. The Morgan fingerprint density at radius 1 is 1.21 bits per heavy atom. The van der Waals surface area contributed by atoms with Crippen LogP contribution in [0.2, 0.25) is 0 Å². The third kappa shape index (κ3) is 8.10. The van der Waals surface area contributed by atoms with Crippen molar-refractivity contribution in [3.8, 4) is 0 Å². The molecule has 0 bridgehead atoms. The van der Waals surface area contributed by atoms with Crippen LogP contribution in [0.3, 0.4) is 0 Å². The highest BCUT2D eigenvalue weighted by atomic mass is 32.2. The van der Waals surface area contributed by atoms with Crippen molar-refractivity contribution >= 4 is 23.8 Å². The summed E-state index contributed by atoms with van der Waals surface area (Å²) in [5.74, 6) is 2.88. The molecule has 1 heterocycles. The average Bonchev–Trinajstić information content (AvgIpc) is 3.46. The highest BCUT2D eigenvalue weighted by Crippen LogP contribution is 2.32. The summed E-state index contributed by atoms with van der Waals surface area (Å²) in [7, 11) is 1.86. The standard InChI is InChI=1S/C21H40N4O2S/c1-21(2,3)27-20(26)25(16-17-8-9-17)18-10-13-24(14-11-18)19(22-4)23-12-6-7-15-28-5/h17-18H,6-16H2,1-5H3,(H,22,23). The molecular formula is C21H40N4O2S. The van der Waals surface area contributed by atoms with E-state index in [2.05, 4.69) is 21.5 Å². The first-order valence-electron chi connectivity index (χ1n) is 10.8. The summed E-state index contributed by atoms with van der Waals surface area (Å²) < 4.78 is 5.70. The topological polar surface area (TPSA) is 57.2 Å². The van der Waals surface area contributed by atoms with Crippen LogP contribution in [0.5, 0.6) is 0 Å². The van der Waals surface area contributed by atoms with Crippen molar-refractivity contribution in [3.05, 3.63) is 0 Å². The molecule has 0 aromatic rings. The van der Waals surface area contributed by atoms with E-state index in [0.717, 1.165) is 45.0 Å². The Morgan fingerprint density at radius 3 is 2.43 bits per heavy atom. The lowest BCUT2D eigenvalue weighted by Gasteiger charge is -2.40. The molecule has 1 aliphatic carbocycles. The highest BCUT2D eigenvalue weighted by molar-refractivity contribution is 7.98. The predicted octanol–water partition coefficient (Wildman–Crippen LogP) is 3.82. The van der Waals surface area contributed by atoms with E-state index in [-0.39, 0.29) is 12.1 Å². The van der Waals surface area contributed by atoms with Gasteiger partial charge in [-0.15, -0.1) is 0 Å². The second kappa shape index (κ2) is 11.2. The van der Waals surface area contributed by atoms with Gasteiger partial charge in [0.05, 0.1) is 0 Å². The first-order valence-corrected chi connectivity index (χ1v) is 12.2. The minimum atomic E-state index is -0.443. The molecule has 162 valence electrons. The number of unbranched alkanes of at least 4 members (excludes halogenated alkanes) is 1. The Bertz CT molecular complexity index is 509. The Labute approximate surface area is 175 Å². The molecule has 0 radical (unpaired) electrons. The number of carbonyl (C=O) groups excluding carboxylic acids is 1. The summed E-state index contributed by atoms with van der Waals surface area (Å²) in [5.41, 5.74) is -0.443. The largest absolute Gasteiger partial charge is 0.444 e. The summed E-state index contributed by atoms with van der Waals surface area (Å²) in [6, 6.07) is 0.270. The van der Waals surface area contributed by atoms with Gasteiger partial charge in [0.25, 0.3) is 0 Å². The van der Waals surface area contributed by atoms with Crippen molar-refractivity contribution in [2.24, 2.45) is 10.9 Å². The quantitative estimate of drug-likeness (QED) is 0.373. The molecule has 2 rings (SSSR count). The maximum absolute atomic E-state index is 12.8. The predicted molar refractivity (Wildman–Crippen MR) is 119 cm³/mol. The van der Waals surface area contributed by atoms with Crippen LogP contribution in [-0.4, -0.2) is 78.7 Å². The average molecular weight is 413 g/mol. The summed E-state index contributed by atoms with van der Waals surface area (Å²) in [5, 5.41) is 3.50. The molecule has 28 heavy (non-hydrogen) atoms. The molecule has 0 spiro atoms. The highest BCUT2D eigenvalue weighted by Gasteiger charge is 2.35.